The summed E-state index contributed by atoms with van der Waals surface area (Å²) in [6.07, 6.45) is 20.0. The molecule has 0 heterocycles. The van der Waals surface area contributed by atoms with Gasteiger partial charge >= 0.3 is 21.7 Å². The zero-order valence-corrected chi connectivity index (χ0v) is 27.3. The van der Waals surface area contributed by atoms with Crippen LogP contribution in [0.25, 0.3) is 0 Å². The van der Waals surface area contributed by atoms with E-state index >= 15 is 0 Å². The van der Waals surface area contributed by atoms with Crippen LogP contribution in [0, 0.1) is 58.4 Å². The number of allylic oxidation sites excluding steroid dienone is 8. The summed E-state index contributed by atoms with van der Waals surface area (Å²) in [4.78, 5) is 23.3. The normalized spacial score (nSPS) is 12.5. The van der Waals surface area contributed by atoms with Crippen molar-refractivity contribution in [1.29, 1.82) is 0 Å². The van der Waals surface area contributed by atoms with Crippen molar-refractivity contribution in [3.63, 3.8) is 0 Å². The molecule has 4 rings (SSSR count). The Kier molecular flexibility index (Phi) is 19.1. The van der Waals surface area contributed by atoms with Crippen LogP contribution in [0.5, 0.6) is 0 Å². The summed E-state index contributed by atoms with van der Waals surface area (Å²) in [7, 11) is 0. The molecule has 228 valence electrons. The third kappa shape index (κ3) is 15.6. The minimum Gasteiger partial charge on any atom is -0.376 e. The fraction of sp³-hybridized carbons (Fsp3) is 0.312. The van der Waals surface area contributed by atoms with Gasteiger partial charge < -0.3 is 10.6 Å². The van der Waals surface area contributed by atoms with Crippen molar-refractivity contribution in [2.75, 3.05) is 22.4 Å². The third-order valence-corrected chi connectivity index (χ3v) is 6.63. The summed E-state index contributed by atoms with van der Waals surface area (Å²) < 4.78 is 51.4. The van der Waals surface area contributed by atoms with Gasteiger partial charge in [-0.15, -0.1) is 72.4 Å². The molecule has 11 heteroatoms. The topological polar surface area (TPSA) is 58.2 Å². The first-order chi connectivity index (χ1) is 19.7. The molecule has 0 aromatic heterocycles. The Morgan fingerprint density at radius 3 is 1.28 bits per heavy atom. The van der Waals surface area contributed by atoms with Crippen LogP contribution < -0.4 is 10.6 Å². The van der Waals surface area contributed by atoms with Crippen LogP contribution in [0.15, 0.2) is 60.7 Å². The van der Waals surface area contributed by atoms with Crippen LogP contribution in [0.3, 0.4) is 0 Å². The maximum atomic E-state index is 13.2. The van der Waals surface area contributed by atoms with Gasteiger partial charge in [0, 0.05) is 35.0 Å². The average molecular weight is 671 g/mol. The molecule has 43 heavy (non-hydrogen) atoms. The maximum Gasteiger partial charge on any atom is 4.00 e. The Hall–Kier alpha value is -2.65. The molecule has 0 saturated carbocycles. The zero-order valence-electron chi connectivity index (χ0n) is 24.2. The van der Waals surface area contributed by atoms with Crippen LogP contribution >= 0.6 is 23.2 Å². The fourth-order valence-corrected chi connectivity index (χ4v) is 2.71. The molecule has 2 aromatic rings. The number of amides is 2. The van der Waals surface area contributed by atoms with E-state index in [1.54, 1.807) is 27.7 Å². The number of benzene rings is 2. The number of carbonyl (C=O) groups is 2. The molecule has 4 nitrogen and oxygen atoms in total. The van der Waals surface area contributed by atoms with E-state index in [1.807, 2.05) is 36.4 Å². The molecular weight excluding hydrogens is 639 g/mol. The Morgan fingerprint density at radius 1 is 0.721 bits per heavy atom. The summed E-state index contributed by atoms with van der Waals surface area (Å²) in [6, 6.07) is 7.99. The van der Waals surface area contributed by atoms with Gasteiger partial charge in [-0.2, -0.15) is 12.2 Å². The van der Waals surface area contributed by atoms with Gasteiger partial charge in [-0.05, 0) is 39.1 Å². The molecule has 0 spiro atoms. The number of rotatable bonds is 6. The second-order valence-corrected chi connectivity index (χ2v) is 10.6. The summed E-state index contributed by atoms with van der Waals surface area (Å²) in [6.45, 7) is 6.50. The van der Waals surface area contributed by atoms with Crippen molar-refractivity contribution in [1.82, 2.24) is 0 Å². The average Bonchev–Trinajstić information content (AvgIpc) is 3.72. The predicted molar refractivity (Wildman–Crippen MR) is 160 cm³/mol. The Labute approximate surface area is 276 Å². The van der Waals surface area contributed by atoms with Crippen molar-refractivity contribution < 1.29 is 48.9 Å². The Bertz CT molecular complexity index is 1190. The Balaban J connectivity index is 0.000000608. The van der Waals surface area contributed by atoms with Gasteiger partial charge in [-0.25, -0.2) is 41.9 Å². The van der Waals surface area contributed by atoms with Crippen molar-refractivity contribution >= 4 is 46.4 Å². The van der Waals surface area contributed by atoms with Gasteiger partial charge in [0.25, 0.3) is 0 Å². The largest absolute Gasteiger partial charge is 4.00 e. The number of hydrogen-bond acceptors (Lipinski definition) is 2. The summed E-state index contributed by atoms with van der Waals surface area (Å²) in [5, 5.41) is 4.66. The van der Waals surface area contributed by atoms with Crippen molar-refractivity contribution in [3.8, 4) is 0 Å². The van der Waals surface area contributed by atoms with Gasteiger partial charge in [-0.1, -0.05) is 0 Å². The van der Waals surface area contributed by atoms with Gasteiger partial charge in [0.2, 0.25) is 11.8 Å². The van der Waals surface area contributed by atoms with E-state index in [-0.39, 0.29) is 44.9 Å². The van der Waals surface area contributed by atoms with E-state index in [0.717, 1.165) is 37.1 Å². The maximum absolute atomic E-state index is 13.2. The van der Waals surface area contributed by atoms with Crippen molar-refractivity contribution in [3.05, 3.63) is 108 Å². The monoisotopic (exact) mass is 670 g/mol. The number of halogens is 6. The van der Waals surface area contributed by atoms with Crippen LogP contribution in [-0.4, -0.2) is 23.6 Å². The Morgan fingerprint density at radius 2 is 1.07 bits per heavy atom. The second-order valence-electron chi connectivity index (χ2n) is 10.0. The first kappa shape index (κ1) is 40.4. The van der Waals surface area contributed by atoms with E-state index in [1.165, 1.54) is 0 Å². The summed E-state index contributed by atoms with van der Waals surface area (Å²) >= 11 is 11.2. The molecule has 0 unspecified atom stereocenters. The quantitative estimate of drug-likeness (QED) is 0.140. The second kappa shape index (κ2) is 20.3. The molecule has 0 saturated heterocycles. The number of alkyl halides is 2. The number of anilines is 2. The summed E-state index contributed by atoms with van der Waals surface area (Å²) in [5.74, 6) is -4.14. The van der Waals surface area contributed by atoms with Crippen LogP contribution in [-0.2, 0) is 31.3 Å². The van der Waals surface area contributed by atoms with E-state index < -0.39 is 45.9 Å². The molecule has 0 fully saturated rings. The summed E-state index contributed by atoms with van der Waals surface area (Å²) in [5.41, 5.74) is -1.85. The zero-order chi connectivity index (χ0) is 31.8. The standard InChI is InChI=1S/2C11H11ClF2NO.2C5H5.Ti/c2*1-11(2,6-12)10(16)15-9-4-3-7(13)5-8(9)14;2*1-2-4-5-3-1;/h2*3-4H,6H2,1-2H3,(H,15,16);2*1-3H,4H2;/q4*-1;+4. The minimum atomic E-state index is -0.932. The van der Waals surface area contributed by atoms with Crippen molar-refractivity contribution in [2.24, 2.45) is 10.8 Å². The van der Waals surface area contributed by atoms with E-state index in [9.17, 15) is 27.2 Å². The molecule has 2 N–H and O–H groups in total. The molecule has 0 radical (unpaired) electrons. The van der Waals surface area contributed by atoms with Crippen LogP contribution in [0.2, 0.25) is 0 Å². The number of nitrogens with one attached hydrogen (secondary N) is 2. The minimum absolute atomic E-state index is 0. The third-order valence-electron chi connectivity index (χ3n) is 5.29. The van der Waals surface area contributed by atoms with Crippen LogP contribution in [0.1, 0.15) is 40.5 Å². The van der Waals surface area contributed by atoms with Crippen molar-refractivity contribution in [2.45, 2.75) is 40.5 Å². The van der Waals surface area contributed by atoms with Gasteiger partial charge in [0.05, 0.1) is 10.8 Å². The van der Waals surface area contributed by atoms with Gasteiger partial charge in [0.1, 0.15) is 0 Å². The van der Waals surface area contributed by atoms with E-state index in [4.69, 9.17) is 23.2 Å². The molecule has 0 aliphatic heterocycles. The fourth-order valence-electron chi connectivity index (χ4n) is 2.46. The smallest absolute Gasteiger partial charge is 0.376 e. The van der Waals surface area contributed by atoms with E-state index in [0.29, 0.717) is 0 Å². The molecule has 2 amide bonds. The molecule has 2 aliphatic rings. The molecule has 2 aromatic carbocycles. The number of carbonyl (C=O) groups excluding carboxylic acids is 2. The molecule has 0 bridgehead atoms. The molecule has 2 aliphatic carbocycles. The SMILES string of the molecule is CC(C)(CCl)C(=O)Nc1ccc(F)[c-]c1F.CC(C)(CCl)C(=O)Nc1ccc(F)[c-]c1F.[C-]1=CC=CC1.[C-]1=CC=CC1.[Ti+4]. The molecule has 0 atom stereocenters. The van der Waals surface area contributed by atoms with Crippen LogP contribution in [0.4, 0.5) is 28.9 Å². The van der Waals surface area contributed by atoms with E-state index in [2.05, 4.69) is 34.9 Å². The number of hydrogen-bond donors (Lipinski definition) is 2. The first-order valence-corrected chi connectivity index (χ1v) is 13.7. The van der Waals surface area contributed by atoms with Gasteiger partial charge in [0.15, 0.2) is 0 Å². The molecular formula is C32H32Cl2F4N2O2Ti. The predicted octanol–water partition coefficient (Wildman–Crippen LogP) is 8.55. The van der Waals surface area contributed by atoms with Gasteiger partial charge in [-0.3, -0.25) is 21.7 Å². The first-order valence-electron chi connectivity index (χ1n) is 12.7.